The molecule has 0 aliphatic heterocycles. The third-order valence-corrected chi connectivity index (χ3v) is 10.7. The summed E-state index contributed by atoms with van der Waals surface area (Å²) in [6, 6.07) is 1.49. The van der Waals surface area contributed by atoms with Crippen molar-refractivity contribution in [3.8, 4) is 5.75 Å². The van der Waals surface area contributed by atoms with Crippen LogP contribution in [0.2, 0.25) is 0 Å². The minimum atomic E-state index is -7.28. The van der Waals surface area contributed by atoms with Gasteiger partial charge in [-0.1, -0.05) is 12.1 Å². The van der Waals surface area contributed by atoms with Gasteiger partial charge in [-0.05, 0) is 22.8 Å². The summed E-state index contributed by atoms with van der Waals surface area (Å²) in [5, 5.41) is 0. The summed E-state index contributed by atoms with van der Waals surface area (Å²) >= 11 is -0.0334. The zero-order valence-electron chi connectivity index (χ0n) is 29.3. The second-order valence-electron chi connectivity index (χ2n) is 12.3. The molecule has 0 saturated heterocycles. The molecule has 0 aliphatic rings. The molecule has 0 aliphatic carbocycles. The molecular weight excluding hydrogens is 989 g/mol. The molecule has 32 heteroatoms. The van der Waals surface area contributed by atoms with Gasteiger partial charge in [0, 0.05) is 54.6 Å². The van der Waals surface area contributed by atoms with Crippen LogP contribution in [0.3, 0.4) is 0 Å². The van der Waals surface area contributed by atoms with Crippen molar-refractivity contribution in [3.63, 3.8) is 0 Å². The number of halogens is 27. The third-order valence-electron chi connectivity index (χ3n) is 7.64. The summed E-state index contributed by atoms with van der Waals surface area (Å²) in [6.45, 7) is 0.614. The number of rotatable bonds is 22. The Kier molecular flexibility index (Phi) is 17.5. The Labute approximate surface area is 336 Å². The predicted molar refractivity (Wildman–Crippen MR) is 163 cm³/mol. The molecule has 0 unspecified atom stereocenters. The largest absolute Gasteiger partial charge is 0.460 e. The molecule has 0 atom stereocenters. The molecule has 0 aromatic heterocycles. The Bertz CT molecular complexity index is 1560. The third kappa shape index (κ3) is 12.0. The Morgan fingerprint density at radius 3 is 0.902 bits per heavy atom. The van der Waals surface area contributed by atoms with E-state index in [-0.39, 0.29) is 35.3 Å². The van der Waals surface area contributed by atoms with Crippen molar-refractivity contribution in [2.45, 2.75) is 115 Å². The summed E-state index contributed by atoms with van der Waals surface area (Å²) in [5.41, 5.74) is -1.55. The Morgan fingerprint density at radius 1 is 0.426 bits per heavy atom. The van der Waals surface area contributed by atoms with Gasteiger partial charge >= 0.3 is 77.8 Å². The second kappa shape index (κ2) is 18.8. The topological polar surface area (TPSA) is 26.3 Å². The zero-order chi connectivity index (χ0) is 48.5. The standard InChI is InChI=1S/C29H23F27O2S3/c1-13(57)58-17-15(11-60-6-3-19(32,33)22(38,39)25(44,45)28(51,52)53)8-14(10-59-5-2-18(30,31)21(36,37)24(42,43)27(48,49)50)9-16(17)12-61-7-4-20(34,35)23(40,41)26(46,47)29(54,55)56/h8-9H,2-7,10-12H2,1H3. The first-order valence-electron chi connectivity index (χ1n) is 15.5. The quantitative estimate of drug-likeness (QED) is 0.0499. The first-order valence-corrected chi connectivity index (χ1v) is 18.9. The van der Waals surface area contributed by atoms with Gasteiger partial charge < -0.3 is 4.74 Å². The average Bonchev–Trinajstić information content (AvgIpc) is 3.05. The fourth-order valence-corrected chi connectivity index (χ4v) is 7.15. The highest BCUT2D eigenvalue weighted by Crippen LogP contribution is 2.57. The van der Waals surface area contributed by atoms with E-state index < -0.39 is 154 Å². The van der Waals surface area contributed by atoms with E-state index >= 15 is 0 Å². The van der Waals surface area contributed by atoms with Gasteiger partial charge in [0.1, 0.15) is 5.75 Å². The molecule has 0 saturated carbocycles. The number of thioether (sulfide) groups is 3. The van der Waals surface area contributed by atoms with Crippen molar-refractivity contribution in [1.29, 1.82) is 0 Å². The Hall–Kier alpha value is -2.15. The Morgan fingerprint density at radius 2 is 0.672 bits per heavy atom. The number of hydrogen-bond acceptors (Lipinski definition) is 5. The maximum Gasteiger partial charge on any atom is 0.460 e. The lowest BCUT2D eigenvalue weighted by Crippen LogP contribution is -2.60. The van der Waals surface area contributed by atoms with E-state index in [0.29, 0.717) is 6.92 Å². The molecule has 0 amide bonds. The van der Waals surface area contributed by atoms with Crippen LogP contribution in [-0.4, -0.2) is 95.1 Å². The first-order chi connectivity index (χ1) is 26.8. The molecule has 0 heterocycles. The van der Waals surface area contributed by atoms with Crippen molar-refractivity contribution >= 4 is 41.3 Å². The number of esters is 1. The van der Waals surface area contributed by atoms with E-state index in [9.17, 15) is 123 Å². The van der Waals surface area contributed by atoms with Crippen molar-refractivity contribution in [1.82, 2.24) is 0 Å². The Balaban J connectivity index is 3.51. The van der Waals surface area contributed by atoms with Crippen LogP contribution in [0, 0.1) is 0 Å². The summed E-state index contributed by atoms with van der Waals surface area (Å²) in [4.78, 5) is 11.8. The summed E-state index contributed by atoms with van der Waals surface area (Å²) in [6.07, 6.45) is -28.9. The lowest BCUT2D eigenvalue weighted by atomic mass is 10.0. The monoisotopic (exact) mass is 1010 g/mol. The lowest BCUT2D eigenvalue weighted by molar-refractivity contribution is -0.396. The van der Waals surface area contributed by atoms with Crippen LogP contribution in [-0.2, 0) is 22.1 Å². The summed E-state index contributed by atoms with van der Waals surface area (Å²) < 4.78 is 362. The number of ether oxygens (including phenoxy) is 1. The van der Waals surface area contributed by atoms with Crippen molar-refractivity contribution < 1.29 is 128 Å². The fourth-order valence-electron chi connectivity index (χ4n) is 4.25. The minimum Gasteiger partial charge on any atom is -0.426 e. The van der Waals surface area contributed by atoms with Crippen LogP contribution in [0.25, 0.3) is 0 Å². The van der Waals surface area contributed by atoms with Gasteiger partial charge in [-0.25, -0.2) is 0 Å². The highest BCUT2D eigenvalue weighted by molar-refractivity contribution is 7.99. The van der Waals surface area contributed by atoms with Gasteiger partial charge in [0.15, 0.2) is 0 Å². The molecule has 358 valence electrons. The van der Waals surface area contributed by atoms with Crippen molar-refractivity contribution in [2.24, 2.45) is 0 Å². The van der Waals surface area contributed by atoms with Crippen LogP contribution < -0.4 is 4.74 Å². The van der Waals surface area contributed by atoms with Crippen molar-refractivity contribution in [2.75, 3.05) is 17.3 Å². The molecule has 1 aromatic rings. The van der Waals surface area contributed by atoms with E-state index in [1.54, 1.807) is 0 Å². The van der Waals surface area contributed by atoms with Gasteiger partial charge in [-0.3, -0.25) is 4.79 Å². The average molecular weight is 1010 g/mol. The highest BCUT2D eigenvalue weighted by Gasteiger charge is 2.83. The molecule has 0 N–H and O–H groups in total. The molecule has 1 aromatic carbocycles. The minimum absolute atomic E-state index is 0.0302. The molecule has 1 rings (SSSR count). The van der Waals surface area contributed by atoms with Crippen molar-refractivity contribution in [3.05, 3.63) is 28.8 Å². The second-order valence-corrected chi connectivity index (χ2v) is 15.6. The molecule has 0 spiro atoms. The van der Waals surface area contributed by atoms with Crippen LogP contribution in [0.1, 0.15) is 42.9 Å². The SMILES string of the molecule is CC(=O)Oc1c(CSCCC(F)(F)C(F)(F)C(F)(F)C(F)(F)F)cc(CSCCC(F)(F)C(F)(F)C(F)(F)C(F)(F)F)cc1CSCCC(F)(F)C(F)(F)C(F)(F)C(F)(F)F. The molecule has 0 fully saturated rings. The zero-order valence-corrected chi connectivity index (χ0v) is 31.7. The van der Waals surface area contributed by atoms with E-state index in [1.165, 1.54) is 0 Å². The maximum atomic E-state index is 14.0. The van der Waals surface area contributed by atoms with E-state index in [1.807, 2.05) is 0 Å². The van der Waals surface area contributed by atoms with Gasteiger partial charge in [0.05, 0.1) is 0 Å². The lowest BCUT2D eigenvalue weighted by Gasteiger charge is -2.33. The smallest absolute Gasteiger partial charge is 0.426 e. The van der Waals surface area contributed by atoms with Gasteiger partial charge in [0.2, 0.25) is 0 Å². The summed E-state index contributed by atoms with van der Waals surface area (Å²) in [5.74, 6) is -70.6. The van der Waals surface area contributed by atoms with E-state index in [4.69, 9.17) is 4.74 Å². The van der Waals surface area contributed by atoms with E-state index in [0.717, 1.165) is 12.1 Å². The maximum absolute atomic E-state index is 14.0. The number of carbonyl (C=O) groups is 1. The normalized spacial score (nSPS) is 15.1. The van der Waals surface area contributed by atoms with Gasteiger partial charge in [-0.2, -0.15) is 154 Å². The highest BCUT2D eigenvalue weighted by atomic mass is 32.2. The molecule has 61 heavy (non-hydrogen) atoms. The summed E-state index contributed by atoms with van der Waals surface area (Å²) in [7, 11) is 0. The number of carbonyl (C=O) groups excluding carboxylic acids is 1. The van der Waals surface area contributed by atoms with Crippen LogP contribution in [0.4, 0.5) is 119 Å². The van der Waals surface area contributed by atoms with Gasteiger partial charge in [-0.15, -0.1) is 0 Å². The van der Waals surface area contributed by atoms with Crippen LogP contribution in [0.5, 0.6) is 5.75 Å². The van der Waals surface area contributed by atoms with Gasteiger partial charge in [0.25, 0.3) is 0 Å². The molecule has 0 bridgehead atoms. The molecule has 2 nitrogen and oxygen atoms in total. The number of benzene rings is 1. The fraction of sp³-hybridized carbons (Fsp3) is 0.759. The molecular formula is C29H23F27O2S3. The van der Waals surface area contributed by atoms with Crippen LogP contribution >= 0.6 is 35.3 Å². The predicted octanol–water partition coefficient (Wildman–Crippen LogP) is 13.9. The van der Waals surface area contributed by atoms with Crippen LogP contribution in [0.15, 0.2) is 12.1 Å². The number of hydrogen-bond donors (Lipinski definition) is 0. The first kappa shape index (κ1) is 56.9. The molecule has 0 radical (unpaired) electrons. The van der Waals surface area contributed by atoms with E-state index in [2.05, 4.69) is 0 Å². The number of alkyl halides is 27.